The molecule has 3 aromatic rings. The van der Waals surface area contributed by atoms with Crippen LogP contribution >= 0.6 is 0 Å². The largest absolute Gasteiger partial charge is 0.508 e. The van der Waals surface area contributed by atoms with E-state index in [2.05, 4.69) is 10.6 Å². The number of methoxy groups -OCH3 is 1. The van der Waals surface area contributed by atoms with Crippen LogP contribution in [0.5, 0.6) is 17.2 Å². The normalized spacial score (nSPS) is 14.1. The summed E-state index contributed by atoms with van der Waals surface area (Å²) in [6, 6.07) is 12.4. The highest BCUT2D eigenvalue weighted by molar-refractivity contribution is 6.15. The Balaban J connectivity index is 1.77. The lowest BCUT2D eigenvalue weighted by atomic mass is 10.1. The molecule has 0 unspecified atom stereocenters. The van der Waals surface area contributed by atoms with Crippen LogP contribution in [0.2, 0.25) is 0 Å². The van der Waals surface area contributed by atoms with Gasteiger partial charge in [-0.1, -0.05) is 0 Å². The number of carbonyl (C=O) groups excluding carboxylic acids is 1. The number of phenols is 1. The zero-order valence-electron chi connectivity index (χ0n) is 15.3. The van der Waals surface area contributed by atoms with E-state index in [-0.39, 0.29) is 17.3 Å². The first-order valence-corrected chi connectivity index (χ1v) is 8.92. The maximum absolute atomic E-state index is 12.6. The number of aromatic nitrogens is 1. The van der Waals surface area contributed by atoms with Crippen molar-refractivity contribution < 1.29 is 19.4 Å². The van der Waals surface area contributed by atoms with Gasteiger partial charge in [0.05, 0.1) is 18.7 Å². The smallest absolute Gasteiger partial charge is 0.231 e. The third-order valence-corrected chi connectivity index (χ3v) is 4.75. The summed E-state index contributed by atoms with van der Waals surface area (Å²) < 4.78 is 13.1. The van der Waals surface area contributed by atoms with Gasteiger partial charge < -0.3 is 19.1 Å². The number of allylic oxidation sites excluding steroid dienone is 1. The standard InChI is InChI=1S/C22H18N2O4/c1-27-16-5-7-19-18(12-16)14(13-24(19)9-3-2-8-23)10-21-22(26)17-6-4-15(25)11-20(17)28-21/h4-7,10-13,25H,2-3,9H2,1H3. The molecule has 140 valence electrons. The van der Waals surface area contributed by atoms with Crippen LogP contribution in [0.4, 0.5) is 0 Å². The van der Waals surface area contributed by atoms with E-state index in [1.165, 1.54) is 12.1 Å². The third-order valence-electron chi connectivity index (χ3n) is 4.75. The number of fused-ring (bicyclic) bond motifs is 2. The number of hydrogen-bond donors (Lipinski definition) is 1. The van der Waals surface area contributed by atoms with Crippen LogP contribution in [0.15, 0.2) is 48.4 Å². The quantitative estimate of drug-likeness (QED) is 0.532. The third kappa shape index (κ3) is 3.08. The fraction of sp³-hybridized carbons (Fsp3) is 0.182. The molecule has 1 N–H and O–H groups in total. The zero-order valence-corrected chi connectivity index (χ0v) is 15.3. The summed E-state index contributed by atoms with van der Waals surface area (Å²) in [6.45, 7) is 0.697. The van der Waals surface area contributed by atoms with Gasteiger partial charge in [0.15, 0.2) is 5.76 Å². The number of nitrogens with zero attached hydrogens (tertiary/aromatic N) is 2. The van der Waals surface area contributed by atoms with E-state index in [4.69, 9.17) is 14.7 Å². The summed E-state index contributed by atoms with van der Waals surface area (Å²) in [5.74, 6) is 1.11. The molecule has 0 spiro atoms. The Morgan fingerprint density at radius 2 is 2.14 bits per heavy atom. The average Bonchev–Trinajstić information content (AvgIpc) is 3.19. The number of phenolic OH excluding ortho intramolecular Hbond substituents is 1. The fourth-order valence-corrected chi connectivity index (χ4v) is 3.38. The fourth-order valence-electron chi connectivity index (χ4n) is 3.38. The van der Waals surface area contributed by atoms with Gasteiger partial charge in [0.1, 0.15) is 17.2 Å². The molecule has 1 aliphatic rings. The number of carbonyl (C=O) groups is 1. The zero-order chi connectivity index (χ0) is 19.7. The second kappa shape index (κ2) is 7.12. The number of nitriles is 1. The average molecular weight is 374 g/mol. The maximum atomic E-state index is 12.6. The molecule has 2 heterocycles. The second-order valence-corrected chi connectivity index (χ2v) is 6.54. The molecule has 0 amide bonds. The summed E-state index contributed by atoms with van der Waals surface area (Å²) in [5.41, 5.74) is 2.25. The van der Waals surface area contributed by atoms with Crippen molar-refractivity contribution in [3.8, 4) is 23.3 Å². The van der Waals surface area contributed by atoms with Crippen LogP contribution in [-0.2, 0) is 6.54 Å². The number of aromatic hydroxyl groups is 1. The Labute approximate surface area is 161 Å². The van der Waals surface area contributed by atoms with Gasteiger partial charge >= 0.3 is 0 Å². The molecule has 4 rings (SSSR count). The maximum Gasteiger partial charge on any atom is 0.231 e. The molecule has 0 atom stereocenters. The molecule has 6 nitrogen and oxygen atoms in total. The molecule has 0 bridgehead atoms. The van der Waals surface area contributed by atoms with Crippen molar-refractivity contribution in [2.45, 2.75) is 19.4 Å². The molecule has 0 saturated heterocycles. The first-order chi connectivity index (χ1) is 13.6. The Hall–Kier alpha value is -3.72. The minimum Gasteiger partial charge on any atom is -0.508 e. The van der Waals surface area contributed by atoms with E-state index in [1.54, 1.807) is 19.3 Å². The van der Waals surface area contributed by atoms with Crippen molar-refractivity contribution in [3.05, 3.63) is 59.5 Å². The minimum absolute atomic E-state index is 0.0478. The number of rotatable bonds is 5. The Bertz CT molecular complexity index is 1150. The molecule has 2 aromatic carbocycles. The molecular weight excluding hydrogens is 356 g/mol. The monoisotopic (exact) mass is 374 g/mol. The van der Waals surface area contributed by atoms with Gasteiger partial charge in [-0.25, -0.2) is 0 Å². The lowest BCUT2D eigenvalue weighted by molar-refractivity contribution is 0.101. The van der Waals surface area contributed by atoms with Crippen molar-refractivity contribution in [3.63, 3.8) is 0 Å². The van der Waals surface area contributed by atoms with Crippen molar-refractivity contribution in [1.29, 1.82) is 5.26 Å². The van der Waals surface area contributed by atoms with Crippen LogP contribution in [0.25, 0.3) is 17.0 Å². The predicted octanol–water partition coefficient (Wildman–Crippen LogP) is 4.28. The van der Waals surface area contributed by atoms with Crippen LogP contribution in [0, 0.1) is 11.3 Å². The summed E-state index contributed by atoms with van der Waals surface area (Å²) in [4.78, 5) is 12.6. The van der Waals surface area contributed by atoms with E-state index in [1.807, 2.05) is 24.4 Å². The number of ketones is 1. The lowest BCUT2D eigenvalue weighted by Crippen LogP contribution is -1.98. The number of ether oxygens (including phenoxy) is 2. The number of aryl methyl sites for hydroxylation is 1. The first-order valence-electron chi connectivity index (χ1n) is 8.92. The van der Waals surface area contributed by atoms with E-state index < -0.39 is 0 Å². The number of unbranched alkanes of at least 4 members (excludes halogenated alkanes) is 1. The minimum atomic E-state index is -0.219. The molecule has 6 heteroatoms. The SMILES string of the molecule is COc1ccc2c(c1)c(C=C1Oc3cc(O)ccc3C1=O)cn2CCCC#N. The van der Waals surface area contributed by atoms with Crippen molar-refractivity contribution >= 4 is 22.8 Å². The molecule has 28 heavy (non-hydrogen) atoms. The molecule has 0 saturated carbocycles. The van der Waals surface area contributed by atoms with Gasteiger partial charge in [-0.15, -0.1) is 0 Å². The van der Waals surface area contributed by atoms with Crippen LogP contribution < -0.4 is 9.47 Å². The van der Waals surface area contributed by atoms with E-state index in [0.29, 0.717) is 30.0 Å². The van der Waals surface area contributed by atoms with Crippen molar-refractivity contribution in [2.24, 2.45) is 0 Å². The highest BCUT2D eigenvalue weighted by Crippen LogP contribution is 2.36. The topological polar surface area (TPSA) is 84.5 Å². The van der Waals surface area contributed by atoms with Crippen LogP contribution in [0.3, 0.4) is 0 Å². The van der Waals surface area contributed by atoms with Crippen molar-refractivity contribution in [2.75, 3.05) is 7.11 Å². The van der Waals surface area contributed by atoms with E-state index in [0.717, 1.165) is 22.9 Å². The predicted molar refractivity (Wildman–Crippen MR) is 104 cm³/mol. The second-order valence-electron chi connectivity index (χ2n) is 6.54. The van der Waals surface area contributed by atoms with Gasteiger partial charge in [-0.05, 0) is 42.8 Å². The summed E-state index contributed by atoms with van der Waals surface area (Å²) >= 11 is 0. The summed E-state index contributed by atoms with van der Waals surface area (Å²) in [7, 11) is 1.61. The van der Waals surface area contributed by atoms with Gasteiger partial charge in [-0.3, -0.25) is 4.79 Å². The summed E-state index contributed by atoms with van der Waals surface area (Å²) in [6.07, 6.45) is 4.88. The number of benzene rings is 2. The van der Waals surface area contributed by atoms with Gasteiger partial charge in [0.2, 0.25) is 5.78 Å². The van der Waals surface area contributed by atoms with Crippen LogP contribution in [0.1, 0.15) is 28.8 Å². The Morgan fingerprint density at radius 1 is 1.29 bits per heavy atom. The first kappa shape index (κ1) is 17.7. The van der Waals surface area contributed by atoms with Gasteiger partial charge in [-0.2, -0.15) is 5.26 Å². The molecule has 1 aliphatic heterocycles. The highest BCUT2D eigenvalue weighted by atomic mass is 16.5. The van der Waals surface area contributed by atoms with Gasteiger partial charge in [0, 0.05) is 41.7 Å². The summed E-state index contributed by atoms with van der Waals surface area (Å²) in [5, 5.41) is 19.3. The molecule has 1 aromatic heterocycles. The molecule has 0 fully saturated rings. The van der Waals surface area contributed by atoms with Gasteiger partial charge in [0.25, 0.3) is 0 Å². The number of Topliss-reactive ketones (excluding diaryl/α,β-unsaturated/α-hetero) is 1. The Morgan fingerprint density at radius 3 is 2.93 bits per heavy atom. The van der Waals surface area contributed by atoms with E-state index >= 15 is 0 Å². The van der Waals surface area contributed by atoms with Crippen LogP contribution in [-0.4, -0.2) is 22.6 Å². The van der Waals surface area contributed by atoms with E-state index in [9.17, 15) is 9.90 Å². The molecular formula is C22H18N2O4. The molecule has 0 radical (unpaired) electrons. The van der Waals surface area contributed by atoms with Crippen molar-refractivity contribution in [1.82, 2.24) is 4.57 Å². The number of hydrogen-bond acceptors (Lipinski definition) is 5. The lowest BCUT2D eigenvalue weighted by Gasteiger charge is -2.04. The Kier molecular flexibility index (Phi) is 4.50. The highest BCUT2D eigenvalue weighted by Gasteiger charge is 2.28. The molecule has 0 aliphatic carbocycles.